The summed E-state index contributed by atoms with van der Waals surface area (Å²) < 4.78 is 10.4. The fourth-order valence-electron chi connectivity index (χ4n) is 4.03. The lowest BCUT2D eigenvalue weighted by Crippen LogP contribution is -2.45. The molecular weight excluding hydrogens is 410 g/mol. The highest BCUT2D eigenvalue weighted by Gasteiger charge is 2.48. The van der Waals surface area contributed by atoms with Crippen LogP contribution in [0.15, 0.2) is 54.6 Å². The van der Waals surface area contributed by atoms with Gasteiger partial charge >= 0.3 is 5.97 Å². The molecule has 2 atom stereocenters. The molecule has 0 radical (unpaired) electrons. The number of carbonyl (C=O) groups is 2. The summed E-state index contributed by atoms with van der Waals surface area (Å²) in [5.41, 5.74) is 1.83. The summed E-state index contributed by atoms with van der Waals surface area (Å²) in [5, 5.41) is 0. The molecule has 2 aromatic rings. The maximum absolute atomic E-state index is 13.6. The van der Waals surface area contributed by atoms with Gasteiger partial charge in [0.15, 0.2) is 0 Å². The number of ether oxygens (including phenoxy) is 2. The number of thioether (sulfide) groups is 1. The number of hydrogen-bond acceptors (Lipinski definition) is 5. The van der Waals surface area contributed by atoms with Gasteiger partial charge in [0.2, 0.25) is 5.91 Å². The zero-order chi connectivity index (χ0) is 22.3. The van der Waals surface area contributed by atoms with Crippen molar-refractivity contribution in [1.29, 1.82) is 0 Å². The second kappa shape index (κ2) is 10.7. The number of nitrogens with zero attached hydrogens (tertiary/aromatic N) is 1. The maximum Gasteiger partial charge on any atom is 0.328 e. The van der Waals surface area contributed by atoms with Crippen LogP contribution in [0.3, 0.4) is 0 Å². The molecule has 1 aliphatic heterocycles. The van der Waals surface area contributed by atoms with Gasteiger partial charge in [-0.15, -0.1) is 0 Å². The van der Waals surface area contributed by atoms with Gasteiger partial charge in [0.1, 0.15) is 11.8 Å². The highest BCUT2D eigenvalue weighted by Crippen LogP contribution is 2.40. The molecule has 3 rings (SSSR count). The lowest BCUT2D eigenvalue weighted by Gasteiger charge is -2.29. The van der Waals surface area contributed by atoms with Gasteiger partial charge in [0.25, 0.3) is 0 Å². The first kappa shape index (κ1) is 23.2. The third-order valence-corrected chi connectivity index (χ3v) is 7.13. The van der Waals surface area contributed by atoms with Crippen molar-refractivity contribution in [3.05, 3.63) is 65.7 Å². The summed E-state index contributed by atoms with van der Waals surface area (Å²) in [6.45, 7) is 4.44. The van der Waals surface area contributed by atoms with Crippen molar-refractivity contribution in [3.63, 3.8) is 0 Å². The molecule has 1 fully saturated rings. The third kappa shape index (κ3) is 5.62. The minimum Gasteiger partial charge on any atom is -0.497 e. The molecule has 0 aliphatic carbocycles. The summed E-state index contributed by atoms with van der Waals surface area (Å²) in [6.07, 6.45) is 1.41. The molecular formula is C25H31NO4S. The van der Waals surface area contributed by atoms with E-state index in [1.54, 1.807) is 37.6 Å². The van der Waals surface area contributed by atoms with Gasteiger partial charge in [-0.2, -0.15) is 11.8 Å². The molecule has 1 unspecified atom stereocenters. The van der Waals surface area contributed by atoms with Crippen LogP contribution in [0.4, 0.5) is 0 Å². The Bertz CT molecular complexity index is 871. The van der Waals surface area contributed by atoms with Crippen LogP contribution < -0.4 is 4.74 Å². The van der Waals surface area contributed by atoms with Crippen LogP contribution in [-0.4, -0.2) is 48.8 Å². The predicted octanol–water partition coefficient (Wildman–Crippen LogP) is 4.34. The molecule has 31 heavy (non-hydrogen) atoms. The van der Waals surface area contributed by atoms with E-state index in [9.17, 15) is 9.59 Å². The molecule has 1 heterocycles. The van der Waals surface area contributed by atoms with E-state index in [1.165, 1.54) is 5.56 Å². The van der Waals surface area contributed by atoms with E-state index in [2.05, 4.69) is 24.3 Å². The second-order valence-electron chi connectivity index (χ2n) is 7.96. The first-order valence-corrected chi connectivity index (χ1v) is 11.9. The Morgan fingerprint density at radius 3 is 2.48 bits per heavy atom. The highest BCUT2D eigenvalue weighted by atomic mass is 32.2. The average molecular weight is 442 g/mol. The van der Waals surface area contributed by atoms with Gasteiger partial charge in [0, 0.05) is 18.1 Å². The predicted molar refractivity (Wildman–Crippen MR) is 124 cm³/mol. The monoisotopic (exact) mass is 441 g/mol. The van der Waals surface area contributed by atoms with E-state index in [1.807, 2.05) is 30.3 Å². The fraction of sp³-hybridized carbons (Fsp3) is 0.440. The van der Waals surface area contributed by atoms with Gasteiger partial charge in [0.05, 0.1) is 19.1 Å². The normalized spacial score (nSPS) is 19.3. The van der Waals surface area contributed by atoms with Crippen molar-refractivity contribution in [3.8, 4) is 5.75 Å². The van der Waals surface area contributed by atoms with E-state index in [0.717, 1.165) is 23.5 Å². The largest absolute Gasteiger partial charge is 0.497 e. The van der Waals surface area contributed by atoms with E-state index in [-0.39, 0.29) is 11.9 Å². The molecule has 0 aromatic heterocycles. The molecule has 0 saturated carbocycles. The number of esters is 1. The second-order valence-corrected chi connectivity index (χ2v) is 8.95. The van der Waals surface area contributed by atoms with Crippen LogP contribution in [-0.2, 0) is 26.5 Å². The highest BCUT2D eigenvalue weighted by molar-refractivity contribution is 7.98. The van der Waals surface area contributed by atoms with Crippen LogP contribution >= 0.6 is 11.8 Å². The zero-order valence-corrected chi connectivity index (χ0v) is 19.3. The third-order valence-electron chi connectivity index (χ3n) is 5.83. The van der Waals surface area contributed by atoms with Crippen molar-refractivity contribution in [2.45, 2.75) is 38.5 Å². The first-order chi connectivity index (χ1) is 15.0. The summed E-state index contributed by atoms with van der Waals surface area (Å²) in [6, 6.07) is 17.6. The van der Waals surface area contributed by atoms with Crippen molar-refractivity contribution < 1.29 is 19.1 Å². The van der Waals surface area contributed by atoms with E-state index >= 15 is 0 Å². The van der Waals surface area contributed by atoms with Crippen molar-refractivity contribution >= 4 is 23.6 Å². The van der Waals surface area contributed by atoms with E-state index in [0.29, 0.717) is 25.3 Å². The van der Waals surface area contributed by atoms with E-state index < -0.39 is 11.5 Å². The standard InChI is InChI=1S/C25H31NO4S/c1-4-30-23(27)19(2)26-15-14-25(24(26)28,16-20-8-6-5-7-9-20)18-31-17-21-10-12-22(29-3)13-11-21/h5-13,19H,4,14-18H2,1-3H3/t19-,25?/m0/s1. The van der Waals surface area contributed by atoms with Gasteiger partial charge in [-0.05, 0) is 49.9 Å². The SMILES string of the molecule is CCOC(=O)[C@H](C)N1CCC(CSCc2ccc(OC)cc2)(Cc2ccccc2)C1=O. The Labute approximate surface area is 189 Å². The number of hydrogen-bond donors (Lipinski definition) is 0. The number of rotatable bonds is 10. The minimum atomic E-state index is -0.559. The number of amides is 1. The smallest absolute Gasteiger partial charge is 0.328 e. The maximum atomic E-state index is 13.6. The van der Waals surface area contributed by atoms with Crippen LogP contribution in [0.1, 0.15) is 31.4 Å². The van der Waals surface area contributed by atoms with Crippen LogP contribution in [0.25, 0.3) is 0 Å². The lowest BCUT2D eigenvalue weighted by atomic mass is 9.82. The number of methoxy groups -OCH3 is 1. The molecule has 166 valence electrons. The topological polar surface area (TPSA) is 55.8 Å². The summed E-state index contributed by atoms with van der Waals surface area (Å²) in [4.78, 5) is 27.6. The fourth-order valence-corrected chi connectivity index (χ4v) is 5.32. The molecule has 0 bridgehead atoms. The zero-order valence-electron chi connectivity index (χ0n) is 18.5. The lowest BCUT2D eigenvalue weighted by molar-refractivity contribution is -0.154. The quantitative estimate of drug-likeness (QED) is 0.514. The number of benzene rings is 2. The molecule has 1 aliphatic rings. The Kier molecular flexibility index (Phi) is 8.02. The van der Waals surface area contributed by atoms with Gasteiger partial charge in [-0.1, -0.05) is 42.5 Å². The van der Waals surface area contributed by atoms with Gasteiger partial charge < -0.3 is 14.4 Å². The van der Waals surface area contributed by atoms with Gasteiger partial charge in [-0.25, -0.2) is 4.79 Å². The Balaban J connectivity index is 1.74. The van der Waals surface area contributed by atoms with Crippen molar-refractivity contribution in [2.24, 2.45) is 5.41 Å². The van der Waals surface area contributed by atoms with E-state index in [4.69, 9.17) is 9.47 Å². The number of likely N-dealkylation sites (tertiary alicyclic amines) is 1. The summed E-state index contributed by atoms with van der Waals surface area (Å²) in [7, 11) is 1.66. The van der Waals surface area contributed by atoms with Crippen molar-refractivity contribution in [1.82, 2.24) is 4.90 Å². The first-order valence-electron chi connectivity index (χ1n) is 10.7. The Hall–Kier alpha value is -2.47. The van der Waals surface area contributed by atoms with Crippen LogP contribution in [0.2, 0.25) is 0 Å². The van der Waals surface area contributed by atoms with Crippen molar-refractivity contribution in [2.75, 3.05) is 26.0 Å². The Morgan fingerprint density at radius 2 is 1.84 bits per heavy atom. The number of carbonyl (C=O) groups excluding carboxylic acids is 2. The molecule has 2 aromatic carbocycles. The Morgan fingerprint density at radius 1 is 1.13 bits per heavy atom. The van der Waals surface area contributed by atoms with Crippen LogP contribution in [0.5, 0.6) is 5.75 Å². The minimum absolute atomic E-state index is 0.0548. The molecule has 5 nitrogen and oxygen atoms in total. The average Bonchev–Trinajstić information content (AvgIpc) is 3.10. The molecule has 6 heteroatoms. The van der Waals surface area contributed by atoms with Gasteiger partial charge in [-0.3, -0.25) is 4.79 Å². The molecule has 0 N–H and O–H groups in total. The summed E-state index contributed by atoms with van der Waals surface area (Å²) in [5.74, 6) is 2.08. The van der Waals surface area contributed by atoms with Crippen LogP contribution in [0, 0.1) is 5.41 Å². The summed E-state index contributed by atoms with van der Waals surface area (Å²) >= 11 is 1.77. The molecule has 0 spiro atoms. The molecule has 1 amide bonds. The molecule has 1 saturated heterocycles.